The zero-order chi connectivity index (χ0) is 17.4. The van der Waals surface area contributed by atoms with Crippen molar-refractivity contribution >= 4 is 28.8 Å². The van der Waals surface area contributed by atoms with Gasteiger partial charge in [-0.15, -0.1) is 0 Å². The van der Waals surface area contributed by atoms with Gasteiger partial charge in [-0.05, 0) is 46.2 Å². The molecule has 1 aromatic carbocycles. The summed E-state index contributed by atoms with van der Waals surface area (Å²) >= 11 is 8.06. The molecule has 1 amide bonds. The van der Waals surface area contributed by atoms with Crippen LogP contribution in [0.15, 0.2) is 41.2 Å². The van der Waals surface area contributed by atoms with Crippen LogP contribution in [0.5, 0.6) is 5.75 Å². The van der Waals surface area contributed by atoms with Crippen LogP contribution in [0.3, 0.4) is 0 Å². The minimum atomic E-state index is -0.162. The molecule has 3 heterocycles. The van der Waals surface area contributed by atoms with E-state index in [1.807, 2.05) is 11.4 Å². The molecule has 0 radical (unpaired) electrons. The van der Waals surface area contributed by atoms with Crippen molar-refractivity contribution < 1.29 is 9.53 Å². The molecule has 1 aliphatic rings. The quantitative estimate of drug-likeness (QED) is 0.761. The normalized spacial score (nSPS) is 15.7. The highest BCUT2D eigenvalue weighted by Crippen LogP contribution is 2.39. The van der Waals surface area contributed by atoms with Crippen molar-refractivity contribution in [2.24, 2.45) is 7.05 Å². The molecule has 0 fully saturated rings. The van der Waals surface area contributed by atoms with E-state index in [1.54, 1.807) is 35.3 Å². The first-order valence-corrected chi connectivity index (χ1v) is 9.22. The van der Waals surface area contributed by atoms with Gasteiger partial charge in [-0.3, -0.25) is 9.48 Å². The van der Waals surface area contributed by atoms with Gasteiger partial charge < -0.3 is 10.1 Å². The van der Waals surface area contributed by atoms with E-state index in [0.717, 1.165) is 28.9 Å². The summed E-state index contributed by atoms with van der Waals surface area (Å²) in [6.07, 6.45) is 2.20. The summed E-state index contributed by atoms with van der Waals surface area (Å²) < 4.78 is 7.49. The third-order valence-corrected chi connectivity index (χ3v) is 5.21. The topological polar surface area (TPSA) is 56.2 Å². The molecule has 128 valence electrons. The van der Waals surface area contributed by atoms with E-state index in [0.29, 0.717) is 17.3 Å². The largest absolute Gasteiger partial charge is 0.486 e. The van der Waals surface area contributed by atoms with E-state index < -0.39 is 0 Å². The van der Waals surface area contributed by atoms with Gasteiger partial charge in [-0.1, -0.05) is 11.6 Å². The number of ether oxygens (including phenoxy) is 1. The van der Waals surface area contributed by atoms with Crippen LogP contribution in [-0.4, -0.2) is 28.3 Å². The molecule has 4 rings (SSSR count). The molecule has 5 nitrogen and oxygen atoms in total. The number of amides is 1. The van der Waals surface area contributed by atoms with E-state index in [-0.39, 0.29) is 12.0 Å². The van der Waals surface area contributed by atoms with Crippen molar-refractivity contribution in [3.05, 3.63) is 57.5 Å². The Morgan fingerprint density at radius 1 is 1.44 bits per heavy atom. The highest BCUT2D eigenvalue weighted by atomic mass is 35.5. The average molecular weight is 374 g/mol. The Morgan fingerprint density at radius 3 is 3.04 bits per heavy atom. The molecule has 1 aliphatic heterocycles. The highest BCUT2D eigenvalue weighted by Gasteiger charge is 2.26. The number of hydrogen-bond acceptors (Lipinski definition) is 4. The summed E-state index contributed by atoms with van der Waals surface area (Å²) in [5.74, 6) is 0.560. The lowest BCUT2D eigenvalue weighted by Crippen LogP contribution is -2.35. The molecule has 3 aromatic rings. The minimum Gasteiger partial charge on any atom is -0.486 e. The molecular weight excluding hydrogens is 358 g/mol. The fourth-order valence-corrected chi connectivity index (χ4v) is 3.94. The van der Waals surface area contributed by atoms with Crippen molar-refractivity contribution in [2.45, 2.75) is 12.5 Å². The lowest BCUT2D eigenvalue weighted by atomic mass is 10.0. The smallest absolute Gasteiger partial charge is 0.269 e. The van der Waals surface area contributed by atoms with Gasteiger partial charge >= 0.3 is 0 Å². The summed E-state index contributed by atoms with van der Waals surface area (Å²) in [4.78, 5) is 12.2. The van der Waals surface area contributed by atoms with Crippen LogP contribution >= 0.6 is 22.9 Å². The first-order chi connectivity index (χ1) is 12.1. The fraction of sp³-hybridized carbons (Fsp3) is 0.222. The predicted molar refractivity (Wildman–Crippen MR) is 98.4 cm³/mol. The zero-order valence-corrected chi connectivity index (χ0v) is 15.1. The van der Waals surface area contributed by atoms with Gasteiger partial charge in [0.05, 0.1) is 11.6 Å². The molecule has 0 bridgehead atoms. The van der Waals surface area contributed by atoms with Crippen LogP contribution in [0.2, 0.25) is 5.02 Å². The maximum atomic E-state index is 12.2. The molecule has 0 aliphatic carbocycles. The molecule has 0 saturated heterocycles. The van der Waals surface area contributed by atoms with Crippen LogP contribution in [-0.2, 0) is 13.5 Å². The number of aryl methyl sites for hydroxylation is 1. The Labute approximate surface area is 154 Å². The van der Waals surface area contributed by atoms with E-state index in [2.05, 4.69) is 27.9 Å². The van der Waals surface area contributed by atoms with Gasteiger partial charge in [0.25, 0.3) is 5.91 Å². The van der Waals surface area contributed by atoms with Crippen LogP contribution in [0.25, 0.3) is 11.1 Å². The number of rotatable bonds is 4. The molecule has 1 N–H and O–H groups in total. The van der Waals surface area contributed by atoms with Gasteiger partial charge in [0.2, 0.25) is 0 Å². The molecule has 2 aromatic heterocycles. The molecule has 0 saturated carbocycles. The molecule has 25 heavy (non-hydrogen) atoms. The number of carbonyl (C=O) groups excluding carboxylic acids is 1. The number of hydrogen-bond donors (Lipinski definition) is 1. The third-order valence-electron chi connectivity index (χ3n) is 4.25. The second kappa shape index (κ2) is 6.54. The summed E-state index contributed by atoms with van der Waals surface area (Å²) in [7, 11) is 1.74. The Bertz CT molecular complexity index is 921. The number of aromatic nitrogens is 2. The Balaban J connectivity index is 1.45. The number of nitrogens with zero attached hydrogens (tertiary/aromatic N) is 2. The molecule has 7 heteroatoms. The van der Waals surface area contributed by atoms with Gasteiger partial charge in [0.1, 0.15) is 17.5 Å². The standard InChI is InChI=1S/C18H16ClN3O2S/c1-22-16(2-4-21-22)18(23)20-9-14-7-13-6-12(11-3-5-25-10-11)8-15(19)17(13)24-14/h2-6,8,10,14H,7,9H2,1H3,(H,20,23). The van der Waals surface area contributed by atoms with Crippen molar-refractivity contribution in [1.82, 2.24) is 15.1 Å². The van der Waals surface area contributed by atoms with Gasteiger partial charge in [0.15, 0.2) is 0 Å². The monoisotopic (exact) mass is 373 g/mol. The lowest BCUT2D eigenvalue weighted by molar-refractivity contribution is 0.0924. The fourth-order valence-electron chi connectivity index (χ4n) is 2.99. The number of halogens is 1. The van der Waals surface area contributed by atoms with Crippen molar-refractivity contribution in [2.75, 3.05) is 6.54 Å². The first-order valence-electron chi connectivity index (χ1n) is 7.89. The summed E-state index contributed by atoms with van der Waals surface area (Å²) in [5, 5.41) is 11.7. The lowest BCUT2D eigenvalue weighted by Gasteiger charge is -2.12. The second-order valence-electron chi connectivity index (χ2n) is 5.95. The number of benzene rings is 1. The Hall–Kier alpha value is -2.31. The van der Waals surface area contributed by atoms with E-state index in [9.17, 15) is 4.79 Å². The van der Waals surface area contributed by atoms with Crippen LogP contribution in [0, 0.1) is 0 Å². The maximum absolute atomic E-state index is 12.2. The summed E-state index contributed by atoms with van der Waals surface area (Å²) in [6.45, 7) is 0.419. The Kier molecular flexibility index (Phi) is 4.23. The third kappa shape index (κ3) is 3.15. The van der Waals surface area contributed by atoms with Gasteiger partial charge in [0, 0.05) is 25.2 Å². The van der Waals surface area contributed by atoms with Crippen LogP contribution in [0.1, 0.15) is 16.1 Å². The number of fused-ring (bicyclic) bond motifs is 1. The van der Waals surface area contributed by atoms with Crippen molar-refractivity contribution in [1.29, 1.82) is 0 Å². The molecular formula is C18H16ClN3O2S. The number of nitrogens with one attached hydrogen (secondary N) is 1. The number of carbonyl (C=O) groups is 1. The van der Waals surface area contributed by atoms with Crippen molar-refractivity contribution in [3.63, 3.8) is 0 Å². The molecule has 0 spiro atoms. The van der Waals surface area contributed by atoms with E-state index in [4.69, 9.17) is 16.3 Å². The average Bonchev–Trinajstić information content (AvgIpc) is 3.32. The minimum absolute atomic E-state index is 0.123. The SMILES string of the molecule is Cn1nccc1C(=O)NCC1Cc2cc(-c3ccsc3)cc(Cl)c2O1. The van der Waals surface area contributed by atoms with Gasteiger partial charge in [-0.2, -0.15) is 16.4 Å². The predicted octanol–water partition coefficient (Wildman–Crippen LogP) is 3.54. The van der Waals surface area contributed by atoms with Crippen LogP contribution in [0.4, 0.5) is 0 Å². The zero-order valence-electron chi connectivity index (χ0n) is 13.5. The maximum Gasteiger partial charge on any atom is 0.269 e. The molecule has 1 unspecified atom stereocenters. The summed E-state index contributed by atoms with van der Waals surface area (Å²) in [6, 6.07) is 7.80. The van der Waals surface area contributed by atoms with Crippen LogP contribution < -0.4 is 10.1 Å². The molecule has 1 atom stereocenters. The second-order valence-corrected chi connectivity index (χ2v) is 7.14. The highest BCUT2D eigenvalue weighted by molar-refractivity contribution is 7.08. The van der Waals surface area contributed by atoms with E-state index >= 15 is 0 Å². The Morgan fingerprint density at radius 2 is 2.32 bits per heavy atom. The van der Waals surface area contributed by atoms with Gasteiger partial charge in [-0.25, -0.2) is 0 Å². The first kappa shape index (κ1) is 16.2. The van der Waals surface area contributed by atoms with Crippen molar-refractivity contribution in [3.8, 4) is 16.9 Å². The summed E-state index contributed by atoms with van der Waals surface area (Å²) in [5.41, 5.74) is 3.85. The number of thiophene rings is 1. The van der Waals surface area contributed by atoms with E-state index in [1.165, 1.54) is 0 Å².